The standard InChI is InChI=1S/C17H14ClN2/c18-16-8-4-7-15(11-16)17-12-19-9-10-20(17)13-14-5-2-1-3-6-14/h1-12H,13H2/q+1. The van der Waals surface area contributed by atoms with Gasteiger partial charge in [0, 0.05) is 16.1 Å². The van der Waals surface area contributed by atoms with Crippen molar-refractivity contribution in [3.63, 3.8) is 0 Å². The van der Waals surface area contributed by atoms with Gasteiger partial charge in [-0.3, -0.25) is 4.98 Å². The van der Waals surface area contributed by atoms with Crippen LogP contribution in [0, 0.1) is 0 Å². The zero-order valence-electron chi connectivity index (χ0n) is 10.9. The molecule has 0 aliphatic carbocycles. The van der Waals surface area contributed by atoms with Crippen molar-refractivity contribution in [2.24, 2.45) is 0 Å². The topological polar surface area (TPSA) is 16.8 Å². The van der Waals surface area contributed by atoms with Gasteiger partial charge < -0.3 is 0 Å². The summed E-state index contributed by atoms with van der Waals surface area (Å²) < 4.78 is 2.17. The molecule has 0 radical (unpaired) electrons. The Hall–Kier alpha value is -2.19. The predicted molar refractivity (Wildman–Crippen MR) is 80.4 cm³/mol. The van der Waals surface area contributed by atoms with Crippen LogP contribution in [0.25, 0.3) is 11.3 Å². The van der Waals surface area contributed by atoms with Gasteiger partial charge >= 0.3 is 0 Å². The third-order valence-electron chi connectivity index (χ3n) is 3.16. The molecule has 2 nitrogen and oxygen atoms in total. The maximum absolute atomic E-state index is 6.08. The first kappa shape index (κ1) is 12.8. The third-order valence-corrected chi connectivity index (χ3v) is 3.39. The van der Waals surface area contributed by atoms with Crippen molar-refractivity contribution in [3.05, 3.63) is 83.8 Å². The van der Waals surface area contributed by atoms with E-state index in [1.807, 2.05) is 42.7 Å². The van der Waals surface area contributed by atoms with Gasteiger partial charge in [-0.1, -0.05) is 48.0 Å². The van der Waals surface area contributed by atoms with Crippen LogP contribution in [0.15, 0.2) is 73.2 Å². The van der Waals surface area contributed by atoms with Crippen LogP contribution < -0.4 is 4.57 Å². The molecule has 98 valence electrons. The summed E-state index contributed by atoms with van der Waals surface area (Å²) in [5, 5.41) is 0.734. The molecule has 3 aromatic rings. The molecule has 1 heterocycles. The monoisotopic (exact) mass is 281 g/mol. The highest BCUT2D eigenvalue weighted by Crippen LogP contribution is 2.19. The molecular weight excluding hydrogens is 268 g/mol. The molecule has 0 N–H and O–H groups in total. The SMILES string of the molecule is Clc1cccc(-c2cncc[n+]2Cc2ccccc2)c1. The van der Waals surface area contributed by atoms with Gasteiger partial charge in [-0.05, 0) is 18.2 Å². The summed E-state index contributed by atoms with van der Waals surface area (Å²) in [4.78, 5) is 4.23. The van der Waals surface area contributed by atoms with E-state index in [0.717, 1.165) is 22.8 Å². The van der Waals surface area contributed by atoms with Crippen LogP contribution in [0.4, 0.5) is 0 Å². The lowest BCUT2D eigenvalue weighted by Crippen LogP contribution is -2.36. The fourth-order valence-electron chi connectivity index (χ4n) is 2.19. The largest absolute Gasteiger partial charge is 0.252 e. The first-order valence-electron chi connectivity index (χ1n) is 6.46. The van der Waals surface area contributed by atoms with Gasteiger partial charge in [-0.15, -0.1) is 0 Å². The highest BCUT2D eigenvalue weighted by Gasteiger charge is 2.13. The fraction of sp³-hybridized carbons (Fsp3) is 0.0588. The number of benzene rings is 2. The van der Waals surface area contributed by atoms with E-state index in [-0.39, 0.29) is 0 Å². The average molecular weight is 282 g/mol. The number of hydrogen-bond acceptors (Lipinski definition) is 1. The van der Waals surface area contributed by atoms with Crippen molar-refractivity contribution in [3.8, 4) is 11.3 Å². The lowest BCUT2D eigenvalue weighted by atomic mass is 10.1. The molecule has 0 bridgehead atoms. The molecule has 0 aliphatic heterocycles. The van der Waals surface area contributed by atoms with Crippen molar-refractivity contribution in [1.82, 2.24) is 4.98 Å². The van der Waals surface area contributed by atoms with Crippen molar-refractivity contribution < 1.29 is 4.57 Å². The van der Waals surface area contributed by atoms with Crippen LogP contribution in [0.1, 0.15) is 5.56 Å². The highest BCUT2D eigenvalue weighted by molar-refractivity contribution is 6.30. The van der Waals surface area contributed by atoms with E-state index in [1.54, 1.807) is 6.20 Å². The number of halogens is 1. The average Bonchev–Trinajstić information content (AvgIpc) is 2.49. The molecule has 0 atom stereocenters. The highest BCUT2D eigenvalue weighted by atomic mass is 35.5. The minimum Gasteiger partial charge on any atom is -0.252 e. The molecule has 20 heavy (non-hydrogen) atoms. The Morgan fingerprint density at radius 2 is 1.85 bits per heavy atom. The Morgan fingerprint density at radius 1 is 1.00 bits per heavy atom. The van der Waals surface area contributed by atoms with Crippen molar-refractivity contribution >= 4 is 11.6 Å². The molecule has 3 rings (SSSR count). The Kier molecular flexibility index (Phi) is 3.75. The van der Waals surface area contributed by atoms with E-state index in [9.17, 15) is 0 Å². The first-order valence-corrected chi connectivity index (χ1v) is 6.84. The molecule has 0 unspecified atom stereocenters. The second-order valence-electron chi connectivity index (χ2n) is 4.59. The molecule has 0 fully saturated rings. The first-order chi connectivity index (χ1) is 9.83. The number of aromatic nitrogens is 2. The van der Waals surface area contributed by atoms with Crippen LogP contribution in [-0.2, 0) is 6.54 Å². The third kappa shape index (κ3) is 2.86. The summed E-state index contributed by atoms with van der Waals surface area (Å²) in [6.45, 7) is 0.811. The summed E-state index contributed by atoms with van der Waals surface area (Å²) in [5.74, 6) is 0. The van der Waals surface area contributed by atoms with Crippen LogP contribution in [0.2, 0.25) is 5.02 Å². The van der Waals surface area contributed by atoms with Gasteiger partial charge in [-0.25, -0.2) is 0 Å². The van der Waals surface area contributed by atoms with E-state index >= 15 is 0 Å². The number of rotatable bonds is 3. The van der Waals surface area contributed by atoms with Gasteiger partial charge in [0.25, 0.3) is 0 Å². The zero-order chi connectivity index (χ0) is 13.8. The summed E-state index contributed by atoms with van der Waals surface area (Å²) in [5.41, 5.74) is 3.38. The van der Waals surface area contributed by atoms with Gasteiger partial charge in [-0.2, -0.15) is 4.57 Å². The van der Waals surface area contributed by atoms with E-state index in [4.69, 9.17) is 11.6 Å². The number of hydrogen-bond donors (Lipinski definition) is 0. The van der Waals surface area contributed by atoms with E-state index in [0.29, 0.717) is 0 Å². The molecule has 0 saturated heterocycles. The summed E-state index contributed by atoms with van der Waals surface area (Å²) in [6, 6.07) is 18.2. The molecule has 0 aliphatic rings. The van der Waals surface area contributed by atoms with Crippen molar-refractivity contribution in [2.75, 3.05) is 0 Å². The Balaban J connectivity index is 2.00. The van der Waals surface area contributed by atoms with Gasteiger partial charge in [0.2, 0.25) is 5.69 Å². The lowest BCUT2D eigenvalue weighted by molar-refractivity contribution is -0.678. The molecule has 2 aromatic carbocycles. The van der Waals surface area contributed by atoms with Crippen molar-refractivity contribution in [2.45, 2.75) is 6.54 Å². The smallest absolute Gasteiger partial charge is 0.231 e. The van der Waals surface area contributed by atoms with E-state index in [1.165, 1.54) is 5.56 Å². The molecular formula is C17H14ClN2+. The summed E-state index contributed by atoms with van der Waals surface area (Å²) in [7, 11) is 0. The van der Waals surface area contributed by atoms with Crippen LogP contribution >= 0.6 is 11.6 Å². The summed E-state index contributed by atoms with van der Waals surface area (Å²) >= 11 is 6.08. The normalized spacial score (nSPS) is 10.4. The van der Waals surface area contributed by atoms with Crippen LogP contribution in [0.5, 0.6) is 0 Å². The minimum atomic E-state index is 0.734. The Morgan fingerprint density at radius 3 is 2.65 bits per heavy atom. The maximum atomic E-state index is 6.08. The van der Waals surface area contributed by atoms with Crippen LogP contribution in [0.3, 0.4) is 0 Å². The van der Waals surface area contributed by atoms with Gasteiger partial charge in [0.05, 0.1) is 12.4 Å². The van der Waals surface area contributed by atoms with Crippen LogP contribution in [-0.4, -0.2) is 4.98 Å². The maximum Gasteiger partial charge on any atom is 0.231 e. The van der Waals surface area contributed by atoms with E-state index < -0.39 is 0 Å². The quantitative estimate of drug-likeness (QED) is 0.668. The Bertz CT molecular complexity index is 711. The molecule has 1 aromatic heterocycles. The second kappa shape index (κ2) is 5.85. The molecule has 0 saturated carbocycles. The van der Waals surface area contributed by atoms with Gasteiger partial charge in [0.15, 0.2) is 12.7 Å². The molecule has 0 amide bonds. The zero-order valence-corrected chi connectivity index (χ0v) is 11.7. The van der Waals surface area contributed by atoms with E-state index in [2.05, 4.69) is 33.8 Å². The Labute approximate surface area is 123 Å². The lowest BCUT2D eigenvalue weighted by Gasteiger charge is -2.04. The number of nitrogens with zero attached hydrogens (tertiary/aromatic N) is 2. The molecule has 0 spiro atoms. The second-order valence-corrected chi connectivity index (χ2v) is 5.02. The predicted octanol–water partition coefficient (Wildman–Crippen LogP) is 3.74. The molecule has 3 heteroatoms. The summed E-state index contributed by atoms with van der Waals surface area (Å²) in [6.07, 6.45) is 5.66. The van der Waals surface area contributed by atoms with Crippen molar-refractivity contribution in [1.29, 1.82) is 0 Å². The fourth-order valence-corrected chi connectivity index (χ4v) is 2.38. The van der Waals surface area contributed by atoms with Gasteiger partial charge in [0.1, 0.15) is 0 Å². The minimum absolute atomic E-state index is 0.734.